The number of rotatable bonds is 6. The largest absolute Gasteiger partial charge is 0.497 e. The smallest absolute Gasteiger partial charge is 0.362 e. The summed E-state index contributed by atoms with van der Waals surface area (Å²) >= 11 is 0. The minimum absolute atomic E-state index is 0.141. The van der Waals surface area contributed by atoms with Crippen LogP contribution in [0.2, 0.25) is 0 Å². The number of esters is 1. The first-order valence-electron chi connectivity index (χ1n) is 8.70. The van der Waals surface area contributed by atoms with Crippen LogP contribution >= 0.6 is 0 Å². The van der Waals surface area contributed by atoms with Crippen molar-refractivity contribution in [3.8, 4) is 11.5 Å². The highest BCUT2D eigenvalue weighted by Crippen LogP contribution is 2.25. The topological polar surface area (TPSA) is 85.8 Å². The highest BCUT2D eigenvalue weighted by atomic mass is 32.2. The summed E-state index contributed by atoms with van der Waals surface area (Å²) < 4.78 is 37.1. The zero-order valence-corrected chi connectivity index (χ0v) is 17.0. The number of carbonyl (C=O) groups excluding carboxylic acids is 1. The van der Waals surface area contributed by atoms with Gasteiger partial charge in [0.25, 0.3) is 10.0 Å². The molecule has 0 radical (unpaired) electrons. The molecule has 0 amide bonds. The molecule has 0 fully saturated rings. The van der Waals surface area contributed by atoms with E-state index in [1.165, 1.54) is 38.4 Å². The SMILES string of the molecule is COc1ccc(S(=O)(=O)N(C)c2ccc(OC(=O)c3cccc(C)n3)cc2)cc1. The van der Waals surface area contributed by atoms with Gasteiger partial charge in [-0.1, -0.05) is 6.07 Å². The van der Waals surface area contributed by atoms with Crippen LogP contribution in [0.1, 0.15) is 16.2 Å². The maximum absolute atomic E-state index is 12.8. The van der Waals surface area contributed by atoms with Gasteiger partial charge in [0, 0.05) is 12.7 Å². The number of carbonyl (C=O) groups is 1. The Hall–Kier alpha value is -3.39. The van der Waals surface area contributed by atoms with Crippen LogP contribution < -0.4 is 13.8 Å². The number of nitrogens with zero attached hydrogens (tertiary/aromatic N) is 2. The highest BCUT2D eigenvalue weighted by Gasteiger charge is 2.21. The van der Waals surface area contributed by atoms with Crippen LogP contribution in [0.4, 0.5) is 5.69 Å². The summed E-state index contributed by atoms with van der Waals surface area (Å²) in [5.74, 6) is 0.277. The van der Waals surface area contributed by atoms with Gasteiger partial charge in [0.05, 0.1) is 17.7 Å². The molecule has 0 aliphatic heterocycles. The summed E-state index contributed by atoms with van der Waals surface area (Å²) in [5, 5.41) is 0. The van der Waals surface area contributed by atoms with Crippen molar-refractivity contribution in [3.63, 3.8) is 0 Å². The molecule has 3 aromatic rings. The molecule has 29 heavy (non-hydrogen) atoms. The summed E-state index contributed by atoms with van der Waals surface area (Å²) in [6.07, 6.45) is 0. The van der Waals surface area contributed by atoms with E-state index >= 15 is 0 Å². The number of aromatic nitrogens is 1. The first-order valence-corrected chi connectivity index (χ1v) is 10.1. The molecule has 2 aromatic carbocycles. The van der Waals surface area contributed by atoms with E-state index < -0.39 is 16.0 Å². The van der Waals surface area contributed by atoms with Gasteiger partial charge in [0.1, 0.15) is 17.2 Å². The molecule has 8 heteroatoms. The Balaban J connectivity index is 1.75. The molecule has 1 heterocycles. The standard InChI is InChI=1S/C21H20N2O5S/c1-15-5-4-6-20(22-15)21(24)28-18-9-7-16(8-10-18)23(2)29(25,26)19-13-11-17(27-3)12-14-19/h4-14H,1-3H3. The van der Waals surface area contributed by atoms with Crippen LogP contribution in [-0.2, 0) is 10.0 Å². The van der Waals surface area contributed by atoms with Crippen LogP contribution in [0.5, 0.6) is 11.5 Å². The van der Waals surface area contributed by atoms with Crippen molar-refractivity contribution < 1.29 is 22.7 Å². The fourth-order valence-electron chi connectivity index (χ4n) is 2.58. The molecule has 0 aliphatic rings. The number of ether oxygens (including phenoxy) is 2. The molecule has 0 aliphatic carbocycles. The Morgan fingerprint density at radius 2 is 1.55 bits per heavy atom. The van der Waals surface area contributed by atoms with E-state index in [4.69, 9.17) is 9.47 Å². The maximum Gasteiger partial charge on any atom is 0.362 e. The fourth-order valence-corrected chi connectivity index (χ4v) is 3.78. The van der Waals surface area contributed by atoms with Crippen molar-refractivity contribution in [2.45, 2.75) is 11.8 Å². The minimum Gasteiger partial charge on any atom is -0.497 e. The number of sulfonamides is 1. The lowest BCUT2D eigenvalue weighted by Gasteiger charge is -2.20. The van der Waals surface area contributed by atoms with Gasteiger partial charge in [-0.3, -0.25) is 4.31 Å². The molecular weight excluding hydrogens is 392 g/mol. The second-order valence-corrected chi connectivity index (χ2v) is 8.16. The van der Waals surface area contributed by atoms with E-state index in [-0.39, 0.29) is 16.3 Å². The summed E-state index contributed by atoms with van der Waals surface area (Å²) in [7, 11) is -0.772. The third-order valence-electron chi connectivity index (χ3n) is 4.23. The van der Waals surface area contributed by atoms with Crippen LogP contribution in [0.3, 0.4) is 0 Å². The quantitative estimate of drug-likeness (QED) is 0.455. The molecule has 0 atom stereocenters. The van der Waals surface area contributed by atoms with Gasteiger partial charge in [0.2, 0.25) is 0 Å². The van der Waals surface area contributed by atoms with Crippen LogP contribution in [0, 0.1) is 6.92 Å². The average molecular weight is 412 g/mol. The first-order chi connectivity index (χ1) is 13.8. The number of anilines is 1. The Morgan fingerprint density at radius 1 is 0.931 bits per heavy atom. The van der Waals surface area contributed by atoms with Crippen LogP contribution in [0.25, 0.3) is 0 Å². The zero-order chi connectivity index (χ0) is 21.0. The molecule has 0 spiro atoms. The van der Waals surface area contributed by atoms with Crippen LogP contribution in [0.15, 0.2) is 71.6 Å². The molecule has 0 bridgehead atoms. The van der Waals surface area contributed by atoms with E-state index in [9.17, 15) is 13.2 Å². The Morgan fingerprint density at radius 3 is 2.14 bits per heavy atom. The van der Waals surface area contributed by atoms with E-state index in [0.717, 1.165) is 4.31 Å². The molecular formula is C21H20N2O5S. The number of pyridine rings is 1. The number of benzene rings is 2. The average Bonchev–Trinajstić information content (AvgIpc) is 2.73. The molecule has 0 N–H and O–H groups in total. The van der Waals surface area contributed by atoms with Gasteiger partial charge in [-0.2, -0.15) is 0 Å². The monoisotopic (exact) mass is 412 g/mol. The van der Waals surface area contributed by atoms with E-state index in [2.05, 4.69) is 4.98 Å². The van der Waals surface area contributed by atoms with E-state index in [0.29, 0.717) is 17.1 Å². The second-order valence-electron chi connectivity index (χ2n) is 6.20. The van der Waals surface area contributed by atoms with Crippen molar-refractivity contribution >= 4 is 21.7 Å². The zero-order valence-electron chi connectivity index (χ0n) is 16.2. The normalized spacial score (nSPS) is 11.0. The van der Waals surface area contributed by atoms with E-state index in [1.54, 1.807) is 49.4 Å². The lowest BCUT2D eigenvalue weighted by Crippen LogP contribution is -2.26. The molecule has 0 saturated carbocycles. The summed E-state index contributed by atoms with van der Waals surface area (Å²) in [4.78, 5) is 16.4. The summed E-state index contributed by atoms with van der Waals surface area (Å²) in [6.45, 7) is 1.78. The number of methoxy groups -OCH3 is 1. The third-order valence-corrected chi connectivity index (χ3v) is 6.03. The molecule has 7 nitrogen and oxygen atoms in total. The van der Waals surface area contributed by atoms with Gasteiger partial charge >= 0.3 is 5.97 Å². The van der Waals surface area contributed by atoms with Crippen molar-refractivity contribution in [1.29, 1.82) is 0 Å². The Labute approximate surface area is 169 Å². The second kappa shape index (κ2) is 8.32. The summed E-state index contributed by atoms with van der Waals surface area (Å²) in [6, 6.07) is 17.4. The molecule has 1 aromatic heterocycles. The predicted molar refractivity (Wildman–Crippen MR) is 109 cm³/mol. The molecule has 150 valence electrons. The maximum atomic E-state index is 12.8. The number of aryl methyl sites for hydroxylation is 1. The molecule has 0 saturated heterocycles. The van der Waals surface area contributed by atoms with Gasteiger partial charge in [-0.15, -0.1) is 0 Å². The van der Waals surface area contributed by atoms with Crippen molar-refractivity contribution in [1.82, 2.24) is 4.98 Å². The predicted octanol–water partition coefficient (Wildman–Crippen LogP) is 3.44. The van der Waals surface area contributed by atoms with Crippen LogP contribution in [-0.4, -0.2) is 33.5 Å². The molecule has 0 unspecified atom stereocenters. The Kier molecular flexibility index (Phi) is 5.84. The van der Waals surface area contributed by atoms with Crippen molar-refractivity contribution in [2.24, 2.45) is 0 Å². The molecule has 3 rings (SSSR count). The number of hydrogen-bond donors (Lipinski definition) is 0. The lowest BCUT2D eigenvalue weighted by molar-refractivity contribution is 0.0728. The number of hydrogen-bond acceptors (Lipinski definition) is 6. The van der Waals surface area contributed by atoms with Crippen molar-refractivity contribution in [2.75, 3.05) is 18.5 Å². The summed E-state index contributed by atoms with van der Waals surface area (Å²) in [5.41, 5.74) is 1.34. The van der Waals surface area contributed by atoms with Gasteiger partial charge in [-0.05, 0) is 67.6 Å². The van der Waals surface area contributed by atoms with E-state index in [1.807, 2.05) is 0 Å². The Bertz CT molecular complexity index is 1110. The highest BCUT2D eigenvalue weighted by molar-refractivity contribution is 7.92. The van der Waals surface area contributed by atoms with Crippen molar-refractivity contribution in [3.05, 3.63) is 78.1 Å². The van der Waals surface area contributed by atoms with Gasteiger partial charge < -0.3 is 9.47 Å². The third kappa shape index (κ3) is 4.55. The minimum atomic E-state index is -3.74. The lowest BCUT2D eigenvalue weighted by atomic mass is 10.3. The first kappa shape index (κ1) is 20.3. The van der Waals surface area contributed by atoms with Gasteiger partial charge in [0.15, 0.2) is 0 Å². The fraction of sp³-hybridized carbons (Fsp3) is 0.143. The van der Waals surface area contributed by atoms with Gasteiger partial charge in [-0.25, -0.2) is 18.2 Å².